The number of nitrogens with one attached hydrogen (secondary N) is 1. The molecule has 0 amide bonds. The first-order valence-electron chi connectivity index (χ1n) is 5.08. The molecule has 0 saturated carbocycles. The third-order valence-electron chi connectivity index (χ3n) is 2.33. The van der Waals surface area contributed by atoms with Crippen LogP contribution in [0.5, 0.6) is 0 Å². The van der Waals surface area contributed by atoms with Gasteiger partial charge in [0, 0.05) is 21.7 Å². The molecule has 0 saturated heterocycles. The van der Waals surface area contributed by atoms with Crippen molar-refractivity contribution in [1.29, 1.82) is 0 Å². The topological polar surface area (TPSA) is 12.0 Å². The summed E-state index contributed by atoms with van der Waals surface area (Å²) in [6, 6.07) is 12.2. The number of anilines is 1. The molecule has 0 unspecified atom stereocenters. The minimum atomic E-state index is -0.256. The van der Waals surface area contributed by atoms with Gasteiger partial charge in [0.05, 0.1) is 0 Å². The summed E-state index contributed by atoms with van der Waals surface area (Å²) in [7, 11) is 0. The maximum atomic E-state index is 12.9. The number of benzene rings is 2. The third kappa shape index (κ3) is 3.45. The summed E-state index contributed by atoms with van der Waals surface area (Å²) in [6.07, 6.45) is 0. The Kier molecular flexibility index (Phi) is 4.02. The molecule has 0 atom stereocenters. The van der Waals surface area contributed by atoms with Crippen molar-refractivity contribution in [3.05, 3.63) is 63.3 Å². The standard InChI is InChI=1S/C13H10BrClFN/c14-12-7-11(16)5-6-13(12)17-8-9-1-3-10(15)4-2-9/h1-7,17H,8H2. The van der Waals surface area contributed by atoms with Crippen molar-refractivity contribution < 1.29 is 4.39 Å². The predicted molar refractivity (Wildman–Crippen MR) is 72.9 cm³/mol. The van der Waals surface area contributed by atoms with Crippen molar-refractivity contribution >= 4 is 33.2 Å². The molecular weight excluding hydrogens is 305 g/mol. The van der Waals surface area contributed by atoms with Gasteiger partial charge in [-0.1, -0.05) is 23.7 Å². The average Bonchev–Trinajstić information content (AvgIpc) is 2.30. The predicted octanol–water partition coefficient (Wildman–Crippen LogP) is 4.85. The van der Waals surface area contributed by atoms with Crippen molar-refractivity contribution in [2.75, 3.05) is 5.32 Å². The first-order chi connectivity index (χ1) is 8.15. The molecule has 0 heterocycles. The molecule has 1 N–H and O–H groups in total. The Morgan fingerprint density at radius 3 is 2.47 bits per heavy atom. The van der Waals surface area contributed by atoms with Gasteiger partial charge in [-0.2, -0.15) is 0 Å². The maximum absolute atomic E-state index is 12.9. The molecule has 0 bridgehead atoms. The first kappa shape index (κ1) is 12.4. The molecule has 0 fully saturated rings. The minimum Gasteiger partial charge on any atom is -0.380 e. The van der Waals surface area contributed by atoms with Gasteiger partial charge >= 0.3 is 0 Å². The fourth-order valence-electron chi connectivity index (χ4n) is 1.43. The van der Waals surface area contributed by atoms with Crippen LogP contribution in [0.25, 0.3) is 0 Å². The summed E-state index contributed by atoms with van der Waals surface area (Å²) in [5, 5.41) is 3.94. The Morgan fingerprint density at radius 1 is 1.12 bits per heavy atom. The highest BCUT2D eigenvalue weighted by atomic mass is 79.9. The molecule has 2 aromatic carbocycles. The molecule has 0 aliphatic carbocycles. The van der Waals surface area contributed by atoms with Gasteiger partial charge in [0.2, 0.25) is 0 Å². The van der Waals surface area contributed by atoms with Crippen LogP contribution >= 0.6 is 27.5 Å². The molecule has 88 valence electrons. The van der Waals surface area contributed by atoms with Crippen LogP contribution < -0.4 is 5.32 Å². The van der Waals surface area contributed by atoms with Gasteiger partial charge < -0.3 is 5.32 Å². The molecular formula is C13H10BrClFN. The summed E-state index contributed by atoms with van der Waals surface area (Å²) in [5.74, 6) is -0.256. The molecule has 0 spiro atoms. The Bertz CT molecular complexity index is 513. The fraction of sp³-hybridized carbons (Fsp3) is 0.0769. The zero-order chi connectivity index (χ0) is 12.3. The largest absolute Gasteiger partial charge is 0.380 e. The summed E-state index contributed by atoms with van der Waals surface area (Å²) in [4.78, 5) is 0. The normalized spacial score (nSPS) is 10.3. The summed E-state index contributed by atoms with van der Waals surface area (Å²) in [6.45, 7) is 0.668. The number of hydrogen-bond acceptors (Lipinski definition) is 1. The third-order valence-corrected chi connectivity index (χ3v) is 3.24. The van der Waals surface area contributed by atoms with E-state index in [-0.39, 0.29) is 5.82 Å². The van der Waals surface area contributed by atoms with Crippen LogP contribution in [0.1, 0.15) is 5.56 Å². The monoisotopic (exact) mass is 313 g/mol. The Labute approximate surface area is 113 Å². The van der Waals surface area contributed by atoms with Crippen LogP contribution in [0.3, 0.4) is 0 Å². The molecule has 4 heteroatoms. The maximum Gasteiger partial charge on any atom is 0.124 e. The van der Waals surface area contributed by atoms with E-state index in [9.17, 15) is 4.39 Å². The van der Waals surface area contributed by atoms with Gasteiger partial charge in [0.15, 0.2) is 0 Å². The molecule has 0 aliphatic heterocycles. The van der Waals surface area contributed by atoms with Crippen molar-refractivity contribution in [2.45, 2.75) is 6.54 Å². The van der Waals surface area contributed by atoms with Crippen LogP contribution in [0.15, 0.2) is 46.9 Å². The molecule has 2 rings (SSSR count). The van der Waals surface area contributed by atoms with Crippen molar-refractivity contribution in [2.24, 2.45) is 0 Å². The lowest BCUT2D eigenvalue weighted by Gasteiger charge is -2.08. The van der Waals surface area contributed by atoms with Crippen LogP contribution in [-0.2, 0) is 6.54 Å². The second kappa shape index (κ2) is 5.52. The molecule has 0 radical (unpaired) electrons. The summed E-state index contributed by atoms with van der Waals surface area (Å²) < 4.78 is 13.6. The van der Waals surface area contributed by atoms with Crippen molar-refractivity contribution in [1.82, 2.24) is 0 Å². The zero-order valence-corrected chi connectivity index (χ0v) is 11.2. The molecule has 2 aromatic rings. The number of halogens is 3. The van der Waals surface area contributed by atoms with E-state index < -0.39 is 0 Å². The van der Waals surface area contributed by atoms with Crippen molar-refractivity contribution in [3.63, 3.8) is 0 Å². The summed E-state index contributed by atoms with van der Waals surface area (Å²) >= 11 is 9.11. The quantitative estimate of drug-likeness (QED) is 0.853. The molecule has 17 heavy (non-hydrogen) atoms. The second-order valence-electron chi connectivity index (χ2n) is 3.60. The lowest BCUT2D eigenvalue weighted by molar-refractivity contribution is 0.627. The highest BCUT2D eigenvalue weighted by molar-refractivity contribution is 9.10. The Balaban J connectivity index is 2.04. The number of rotatable bonds is 3. The van der Waals surface area contributed by atoms with E-state index in [1.165, 1.54) is 12.1 Å². The highest BCUT2D eigenvalue weighted by Gasteiger charge is 2.01. The van der Waals surface area contributed by atoms with Gasteiger partial charge in [-0.25, -0.2) is 4.39 Å². The lowest BCUT2D eigenvalue weighted by Crippen LogP contribution is -1.99. The van der Waals surface area contributed by atoms with E-state index in [0.717, 1.165) is 16.3 Å². The van der Waals surface area contributed by atoms with E-state index in [2.05, 4.69) is 21.2 Å². The molecule has 1 nitrogen and oxygen atoms in total. The van der Waals surface area contributed by atoms with Crippen LogP contribution in [0.2, 0.25) is 5.02 Å². The zero-order valence-electron chi connectivity index (χ0n) is 8.88. The fourth-order valence-corrected chi connectivity index (χ4v) is 2.05. The van der Waals surface area contributed by atoms with E-state index in [1.54, 1.807) is 6.07 Å². The molecule has 0 aromatic heterocycles. The SMILES string of the molecule is Fc1ccc(NCc2ccc(Cl)cc2)c(Br)c1. The average molecular weight is 315 g/mol. The second-order valence-corrected chi connectivity index (χ2v) is 4.89. The van der Waals surface area contributed by atoms with Gasteiger partial charge in [-0.15, -0.1) is 0 Å². The van der Waals surface area contributed by atoms with Gasteiger partial charge in [0.1, 0.15) is 5.82 Å². The Hall–Kier alpha value is -1.06. The Morgan fingerprint density at radius 2 is 1.82 bits per heavy atom. The van der Waals surface area contributed by atoms with Crippen molar-refractivity contribution in [3.8, 4) is 0 Å². The van der Waals surface area contributed by atoms with E-state index >= 15 is 0 Å². The van der Waals surface area contributed by atoms with E-state index in [0.29, 0.717) is 11.0 Å². The first-order valence-corrected chi connectivity index (χ1v) is 6.25. The van der Waals surface area contributed by atoms with Crippen LogP contribution in [-0.4, -0.2) is 0 Å². The smallest absolute Gasteiger partial charge is 0.124 e. The van der Waals surface area contributed by atoms with E-state index in [1.807, 2.05) is 24.3 Å². The van der Waals surface area contributed by atoms with Gasteiger partial charge in [-0.05, 0) is 51.8 Å². The highest BCUT2D eigenvalue weighted by Crippen LogP contribution is 2.23. The molecule has 0 aliphatic rings. The van der Waals surface area contributed by atoms with Crippen LogP contribution in [0, 0.1) is 5.82 Å². The number of hydrogen-bond donors (Lipinski definition) is 1. The van der Waals surface area contributed by atoms with Gasteiger partial charge in [0.25, 0.3) is 0 Å². The van der Waals surface area contributed by atoms with Gasteiger partial charge in [-0.3, -0.25) is 0 Å². The lowest BCUT2D eigenvalue weighted by atomic mass is 10.2. The summed E-state index contributed by atoms with van der Waals surface area (Å²) in [5.41, 5.74) is 1.98. The van der Waals surface area contributed by atoms with Crippen LogP contribution in [0.4, 0.5) is 10.1 Å². The minimum absolute atomic E-state index is 0.256. The van der Waals surface area contributed by atoms with E-state index in [4.69, 9.17) is 11.6 Å².